The van der Waals surface area contributed by atoms with E-state index in [0.717, 1.165) is 27.7 Å². The molecule has 0 atom stereocenters. The number of ether oxygens (including phenoxy) is 1. The quantitative estimate of drug-likeness (QED) is 0.260. The van der Waals surface area contributed by atoms with Crippen LogP contribution in [0.25, 0.3) is 43.6 Å². The van der Waals surface area contributed by atoms with Crippen molar-refractivity contribution < 1.29 is 9.53 Å². The average Bonchev–Trinajstić information content (AvgIpc) is 2.91. The lowest BCUT2D eigenvalue weighted by molar-refractivity contribution is 0.0600. The average molecular weight is 489 g/mol. The van der Waals surface area contributed by atoms with E-state index in [1.807, 2.05) is 68.4 Å². The van der Waals surface area contributed by atoms with Crippen LogP contribution in [0.15, 0.2) is 82.4 Å². The number of pyridine rings is 2. The lowest BCUT2D eigenvalue weighted by Crippen LogP contribution is -2.14. The minimum Gasteiger partial charge on any atom is -0.465 e. The molecule has 4 aromatic carbocycles. The van der Waals surface area contributed by atoms with Crippen LogP contribution in [0.3, 0.4) is 0 Å². The zero-order valence-electron chi connectivity index (χ0n) is 20.7. The molecule has 0 fully saturated rings. The third kappa shape index (κ3) is 3.69. The molecular weight excluding hydrogens is 464 g/mol. The summed E-state index contributed by atoms with van der Waals surface area (Å²) in [4.78, 5) is 42.4. The fourth-order valence-corrected chi connectivity index (χ4v) is 5.09. The summed E-state index contributed by atoms with van der Waals surface area (Å²) in [5.74, 6) is -0.394. The molecule has 6 aromatic rings. The number of methoxy groups -OCH3 is 1. The highest BCUT2D eigenvalue weighted by atomic mass is 16.5. The van der Waals surface area contributed by atoms with E-state index in [9.17, 15) is 14.4 Å². The summed E-state index contributed by atoms with van der Waals surface area (Å²) in [5, 5.41) is 2.32. The van der Waals surface area contributed by atoms with E-state index in [4.69, 9.17) is 4.74 Å². The van der Waals surface area contributed by atoms with Crippen molar-refractivity contribution in [3.63, 3.8) is 0 Å². The van der Waals surface area contributed by atoms with E-state index in [-0.39, 0.29) is 10.9 Å². The molecule has 0 aliphatic carbocycles. The first-order valence-corrected chi connectivity index (χ1v) is 12.0. The summed E-state index contributed by atoms with van der Waals surface area (Å²) in [6.07, 6.45) is 0. The number of aromatic amines is 1. The van der Waals surface area contributed by atoms with E-state index in [2.05, 4.69) is 9.55 Å². The van der Waals surface area contributed by atoms with E-state index in [1.165, 1.54) is 7.11 Å². The fraction of sp³-hybridized carbons (Fsp3) is 0.129. The topological polar surface area (TPSA) is 81.2 Å². The lowest BCUT2D eigenvalue weighted by atomic mass is 10.0. The largest absolute Gasteiger partial charge is 0.465 e. The van der Waals surface area contributed by atoms with Crippen LogP contribution in [-0.2, 0) is 11.3 Å². The number of carbonyl (C=O) groups excluding carboxylic acids is 1. The fourth-order valence-electron chi connectivity index (χ4n) is 5.09. The molecule has 0 aliphatic heterocycles. The molecule has 0 spiro atoms. The second-order valence-corrected chi connectivity index (χ2v) is 9.54. The Morgan fingerprint density at radius 3 is 2.08 bits per heavy atom. The predicted octanol–water partition coefficient (Wildman–Crippen LogP) is 5.60. The van der Waals surface area contributed by atoms with Gasteiger partial charge < -0.3 is 14.3 Å². The number of rotatable bonds is 3. The maximum absolute atomic E-state index is 13.7. The van der Waals surface area contributed by atoms with Gasteiger partial charge in [0.25, 0.3) is 0 Å². The number of aryl methyl sites for hydroxylation is 2. The summed E-state index contributed by atoms with van der Waals surface area (Å²) < 4.78 is 6.88. The Labute approximate surface area is 211 Å². The molecule has 0 saturated carbocycles. The molecule has 182 valence electrons. The molecule has 0 unspecified atom stereocenters. The van der Waals surface area contributed by atoms with Gasteiger partial charge in [-0.25, -0.2) is 4.79 Å². The van der Waals surface area contributed by atoms with Crippen LogP contribution in [0.4, 0.5) is 0 Å². The van der Waals surface area contributed by atoms with Crippen molar-refractivity contribution in [3.8, 4) is 0 Å². The van der Waals surface area contributed by atoms with Crippen LogP contribution < -0.4 is 10.9 Å². The summed E-state index contributed by atoms with van der Waals surface area (Å²) in [5.41, 5.74) is 6.12. The van der Waals surface area contributed by atoms with Gasteiger partial charge in [0.2, 0.25) is 0 Å². The minimum atomic E-state index is -0.394. The van der Waals surface area contributed by atoms with Gasteiger partial charge in [0.15, 0.2) is 10.9 Å². The number of hydrogen-bond acceptors (Lipinski definition) is 4. The van der Waals surface area contributed by atoms with Crippen LogP contribution in [0.2, 0.25) is 0 Å². The number of hydrogen-bond donors (Lipinski definition) is 1. The monoisotopic (exact) mass is 488 g/mol. The predicted molar refractivity (Wildman–Crippen MR) is 148 cm³/mol. The highest BCUT2D eigenvalue weighted by Gasteiger charge is 2.15. The van der Waals surface area contributed by atoms with Gasteiger partial charge in [-0.05, 0) is 67.9 Å². The number of benzene rings is 4. The second-order valence-electron chi connectivity index (χ2n) is 9.54. The number of nitrogens with zero attached hydrogens (tertiary/aromatic N) is 1. The van der Waals surface area contributed by atoms with Gasteiger partial charge >= 0.3 is 5.97 Å². The normalized spacial score (nSPS) is 11.5. The van der Waals surface area contributed by atoms with E-state index in [0.29, 0.717) is 44.7 Å². The second kappa shape index (κ2) is 8.45. The first kappa shape index (κ1) is 22.7. The number of carbonyl (C=O) groups is 1. The number of fused-ring (bicyclic) bond motifs is 4. The summed E-state index contributed by atoms with van der Waals surface area (Å²) in [6, 6.07) is 22.4. The number of esters is 1. The zero-order valence-corrected chi connectivity index (χ0v) is 20.7. The lowest BCUT2D eigenvalue weighted by Gasteiger charge is -2.17. The van der Waals surface area contributed by atoms with E-state index >= 15 is 0 Å². The molecule has 6 nitrogen and oxygen atoms in total. The summed E-state index contributed by atoms with van der Waals surface area (Å²) in [6.45, 7) is 4.37. The van der Waals surface area contributed by atoms with E-state index in [1.54, 1.807) is 18.2 Å². The molecule has 0 amide bonds. The van der Waals surface area contributed by atoms with Crippen LogP contribution in [0.5, 0.6) is 0 Å². The smallest absolute Gasteiger partial charge is 0.337 e. The van der Waals surface area contributed by atoms with Gasteiger partial charge in [-0.1, -0.05) is 35.4 Å². The van der Waals surface area contributed by atoms with Crippen LogP contribution in [-0.4, -0.2) is 22.6 Å². The molecular formula is C31H24N2O4. The van der Waals surface area contributed by atoms with Crippen molar-refractivity contribution in [1.29, 1.82) is 0 Å². The molecule has 1 N–H and O–H groups in total. The first-order chi connectivity index (χ1) is 17.8. The van der Waals surface area contributed by atoms with Gasteiger partial charge in [-0.2, -0.15) is 0 Å². The highest BCUT2D eigenvalue weighted by Crippen LogP contribution is 2.26. The Balaban J connectivity index is 1.67. The van der Waals surface area contributed by atoms with Crippen molar-refractivity contribution in [3.05, 3.63) is 115 Å². The Morgan fingerprint density at radius 2 is 1.35 bits per heavy atom. The zero-order chi connectivity index (χ0) is 25.8. The Morgan fingerprint density at radius 1 is 0.730 bits per heavy atom. The third-order valence-corrected chi connectivity index (χ3v) is 7.01. The summed E-state index contributed by atoms with van der Waals surface area (Å²) in [7, 11) is 1.35. The molecule has 0 saturated heterocycles. The van der Waals surface area contributed by atoms with E-state index < -0.39 is 5.97 Å². The van der Waals surface area contributed by atoms with Crippen LogP contribution in [0, 0.1) is 13.8 Å². The van der Waals surface area contributed by atoms with Crippen molar-refractivity contribution in [1.82, 2.24) is 9.55 Å². The van der Waals surface area contributed by atoms with Gasteiger partial charge in [0, 0.05) is 33.6 Å². The van der Waals surface area contributed by atoms with Crippen molar-refractivity contribution >= 4 is 49.6 Å². The molecule has 2 heterocycles. The molecule has 37 heavy (non-hydrogen) atoms. The van der Waals surface area contributed by atoms with Gasteiger partial charge in [-0.3, -0.25) is 9.59 Å². The molecule has 2 aromatic heterocycles. The molecule has 6 rings (SSSR count). The minimum absolute atomic E-state index is 0.0696. The Bertz CT molecular complexity index is 2020. The molecule has 0 radical (unpaired) electrons. The molecule has 6 heteroatoms. The first-order valence-electron chi connectivity index (χ1n) is 12.0. The van der Waals surface area contributed by atoms with Gasteiger partial charge in [0.05, 0.1) is 29.2 Å². The van der Waals surface area contributed by atoms with Gasteiger partial charge in [-0.15, -0.1) is 0 Å². The number of nitrogens with one attached hydrogen (secondary N) is 1. The highest BCUT2D eigenvalue weighted by molar-refractivity contribution is 6.03. The number of H-pyrrole nitrogens is 1. The standard InChI is InChI=1S/C31H24N2O4/c1-17-4-10-25-21(12-17)29(34)22-15-28-24(14-26(22)32-25)30(35)23-13-18(2)5-11-27(23)33(28)16-19-6-8-20(9-7-19)31(36)37-3/h4-15H,16H2,1-3H3,(H,32,34). The third-order valence-electron chi connectivity index (χ3n) is 7.01. The summed E-state index contributed by atoms with van der Waals surface area (Å²) >= 11 is 0. The van der Waals surface area contributed by atoms with Crippen LogP contribution >= 0.6 is 0 Å². The number of aromatic nitrogens is 2. The Kier molecular flexibility index (Phi) is 5.19. The molecule has 0 bridgehead atoms. The van der Waals surface area contributed by atoms with Crippen molar-refractivity contribution in [2.45, 2.75) is 20.4 Å². The maximum Gasteiger partial charge on any atom is 0.337 e. The van der Waals surface area contributed by atoms with Crippen molar-refractivity contribution in [2.75, 3.05) is 7.11 Å². The SMILES string of the molecule is COC(=O)c1ccc(Cn2c3ccc(C)cc3c(=O)c3cc4[nH]c5ccc(C)cc5c(=O)c4cc32)cc1. The van der Waals surface area contributed by atoms with Crippen LogP contribution in [0.1, 0.15) is 27.0 Å². The van der Waals surface area contributed by atoms with Crippen molar-refractivity contribution in [2.24, 2.45) is 0 Å². The maximum atomic E-state index is 13.7. The Hall–Kier alpha value is -4.71. The molecule has 0 aliphatic rings. The van der Waals surface area contributed by atoms with Gasteiger partial charge in [0.1, 0.15) is 0 Å².